The van der Waals surface area contributed by atoms with Crippen LogP contribution in [-0.4, -0.2) is 75.1 Å². The smallest absolute Gasteiger partial charge is 0.257 e. The largest absolute Gasteiger partial charge is 0.387 e. The molecule has 0 aromatic carbocycles. The molecule has 1 saturated heterocycles. The lowest BCUT2D eigenvalue weighted by molar-refractivity contribution is 0.0236. The number of nitrogens with zero attached hydrogens (tertiary/aromatic N) is 5. The van der Waals surface area contributed by atoms with Gasteiger partial charge >= 0.3 is 0 Å². The summed E-state index contributed by atoms with van der Waals surface area (Å²) in [6, 6.07) is 5.50. The Morgan fingerprint density at radius 2 is 2.04 bits per heavy atom. The number of carbonyl (C=O) groups excluding carboxylic acids is 1. The highest BCUT2D eigenvalue weighted by Crippen LogP contribution is 2.23. The number of likely N-dealkylation sites (tertiary alicyclic amines) is 1. The van der Waals surface area contributed by atoms with E-state index in [0.29, 0.717) is 43.1 Å². The van der Waals surface area contributed by atoms with Gasteiger partial charge in [-0.05, 0) is 32.6 Å². The maximum atomic E-state index is 12.6. The minimum absolute atomic E-state index is 0.155. The third-order valence-corrected chi connectivity index (χ3v) is 4.02. The van der Waals surface area contributed by atoms with Gasteiger partial charge < -0.3 is 14.9 Å². The van der Waals surface area contributed by atoms with E-state index in [9.17, 15) is 9.90 Å². The molecule has 2 aromatic heterocycles. The average molecular weight is 327 g/mol. The molecule has 1 aliphatic heterocycles. The fraction of sp³-hybridized carbons (Fsp3) is 0.412. The van der Waals surface area contributed by atoms with Crippen molar-refractivity contribution in [2.45, 2.75) is 12.0 Å². The second kappa shape index (κ2) is 6.62. The number of aromatic nitrogens is 3. The molecular weight excluding hydrogens is 306 g/mol. The first-order valence-electron chi connectivity index (χ1n) is 7.87. The monoisotopic (exact) mass is 327 g/mol. The van der Waals surface area contributed by atoms with Crippen molar-refractivity contribution < 1.29 is 9.90 Å². The lowest BCUT2D eigenvalue weighted by atomic mass is 10.0. The standard InChI is InChI=1S/C17H21N5O2/c1-21(2)11-17(24)6-8-22(12-17)16(23)13-9-19-15(20-10-13)14-5-3-4-7-18-14/h3-5,7,9-10,24H,6,8,11-12H2,1-2H3/t17-/m0/s1. The average Bonchev–Trinajstić information content (AvgIpc) is 2.96. The summed E-state index contributed by atoms with van der Waals surface area (Å²) >= 11 is 0. The van der Waals surface area contributed by atoms with Gasteiger partial charge in [-0.25, -0.2) is 9.97 Å². The van der Waals surface area contributed by atoms with Crippen LogP contribution in [0.2, 0.25) is 0 Å². The van der Waals surface area contributed by atoms with E-state index in [-0.39, 0.29) is 5.91 Å². The van der Waals surface area contributed by atoms with Gasteiger partial charge in [0.25, 0.3) is 5.91 Å². The van der Waals surface area contributed by atoms with Crippen molar-refractivity contribution in [2.75, 3.05) is 33.7 Å². The lowest BCUT2D eigenvalue weighted by Crippen LogP contribution is -2.43. The fourth-order valence-corrected chi connectivity index (χ4v) is 3.00. The number of β-amino-alcohol motifs (C(OH)–C–C–N with tert-alkyl or cyclic N) is 1. The topological polar surface area (TPSA) is 82.5 Å². The highest BCUT2D eigenvalue weighted by Gasteiger charge is 2.38. The van der Waals surface area contributed by atoms with E-state index in [1.807, 2.05) is 37.2 Å². The normalized spacial score (nSPS) is 20.6. The van der Waals surface area contributed by atoms with E-state index in [4.69, 9.17) is 0 Å². The number of carbonyl (C=O) groups is 1. The van der Waals surface area contributed by atoms with E-state index in [2.05, 4.69) is 15.0 Å². The van der Waals surface area contributed by atoms with E-state index in [1.54, 1.807) is 11.1 Å². The van der Waals surface area contributed by atoms with Crippen molar-refractivity contribution in [2.24, 2.45) is 0 Å². The van der Waals surface area contributed by atoms with Gasteiger partial charge in [0.15, 0.2) is 5.82 Å². The molecule has 0 bridgehead atoms. The number of hydrogen-bond acceptors (Lipinski definition) is 6. The van der Waals surface area contributed by atoms with Crippen LogP contribution in [-0.2, 0) is 0 Å². The highest BCUT2D eigenvalue weighted by atomic mass is 16.3. The summed E-state index contributed by atoms with van der Waals surface area (Å²) < 4.78 is 0. The van der Waals surface area contributed by atoms with Crippen LogP contribution in [0.25, 0.3) is 11.5 Å². The molecule has 7 heteroatoms. The molecule has 1 atom stereocenters. The van der Waals surface area contributed by atoms with Crippen molar-refractivity contribution in [1.29, 1.82) is 0 Å². The molecule has 1 amide bonds. The fourth-order valence-electron chi connectivity index (χ4n) is 3.00. The van der Waals surface area contributed by atoms with Crippen LogP contribution in [0.5, 0.6) is 0 Å². The molecule has 7 nitrogen and oxygen atoms in total. The molecule has 0 saturated carbocycles. The number of rotatable bonds is 4. The van der Waals surface area contributed by atoms with Gasteiger partial charge in [0.05, 0.1) is 17.7 Å². The van der Waals surface area contributed by atoms with Crippen LogP contribution in [0.15, 0.2) is 36.8 Å². The Balaban J connectivity index is 1.70. The van der Waals surface area contributed by atoms with Crippen LogP contribution < -0.4 is 0 Å². The minimum atomic E-state index is -0.853. The summed E-state index contributed by atoms with van der Waals surface area (Å²) in [6.45, 7) is 1.39. The quantitative estimate of drug-likeness (QED) is 0.889. The molecule has 3 rings (SSSR count). The Morgan fingerprint density at radius 1 is 1.29 bits per heavy atom. The minimum Gasteiger partial charge on any atom is -0.387 e. The molecule has 0 radical (unpaired) electrons. The molecule has 0 unspecified atom stereocenters. The molecule has 1 fully saturated rings. The van der Waals surface area contributed by atoms with Crippen molar-refractivity contribution in [3.05, 3.63) is 42.4 Å². The van der Waals surface area contributed by atoms with E-state index < -0.39 is 5.60 Å². The summed E-state index contributed by atoms with van der Waals surface area (Å²) in [5.41, 5.74) is 0.232. The van der Waals surface area contributed by atoms with Gasteiger partial charge in [0, 0.05) is 31.7 Å². The molecule has 2 aromatic rings. The van der Waals surface area contributed by atoms with Gasteiger partial charge in [0.1, 0.15) is 5.69 Å². The summed E-state index contributed by atoms with van der Waals surface area (Å²) in [6.07, 6.45) is 5.28. The number of aliphatic hydroxyl groups is 1. The Labute approximate surface area is 141 Å². The molecule has 3 heterocycles. The first-order valence-corrected chi connectivity index (χ1v) is 7.87. The lowest BCUT2D eigenvalue weighted by Gasteiger charge is -2.26. The van der Waals surface area contributed by atoms with Gasteiger partial charge in [-0.1, -0.05) is 6.07 Å². The van der Waals surface area contributed by atoms with Crippen LogP contribution in [0, 0.1) is 0 Å². The zero-order valence-electron chi connectivity index (χ0n) is 13.9. The zero-order chi connectivity index (χ0) is 17.2. The van der Waals surface area contributed by atoms with Crippen molar-refractivity contribution in [3.63, 3.8) is 0 Å². The summed E-state index contributed by atoms with van der Waals surface area (Å²) in [5, 5.41) is 10.5. The predicted molar refractivity (Wildman–Crippen MR) is 89.3 cm³/mol. The maximum Gasteiger partial charge on any atom is 0.257 e. The van der Waals surface area contributed by atoms with Crippen molar-refractivity contribution >= 4 is 5.91 Å². The molecule has 24 heavy (non-hydrogen) atoms. The Hall–Kier alpha value is -2.38. The van der Waals surface area contributed by atoms with E-state index in [1.165, 1.54) is 12.4 Å². The van der Waals surface area contributed by atoms with E-state index >= 15 is 0 Å². The zero-order valence-corrected chi connectivity index (χ0v) is 13.9. The summed E-state index contributed by atoms with van der Waals surface area (Å²) in [5.74, 6) is 0.329. The second-order valence-corrected chi connectivity index (χ2v) is 6.45. The maximum absolute atomic E-state index is 12.6. The molecule has 1 aliphatic rings. The Kier molecular flexibility index (Phi) is 4.55. The summed E-state index contributed by atoms with van der Waals surface area (Å²) in [7, 11) is 3.82. The van der Waals surface area contributed by atoms with Gasteiger partial charge in [-0.3, -0.25) is 9.78 Å². The van der Waals surface area contributed by atoms with Gasteiger partial charge in [0.2, 0.25) is 0 Å². The van der Waals surface area contributed by atoms with Crippen molar-refractivity contribution in [3.8, 4) is 11.5 Å². The first-order chi connectivity index (χ1) is 11.5. The SMILES string of the molecule is CN(C)C[C@@]1(O)CCN(C(=O)c2cnc(-c3ccccn3)nc2)C1. The first kappa shape index (κ1) is 16.5. The molecule has 0 spiro atoms. The third-order valence-electron chi connectivity index (χ3n) is 4.02. The number of likely N-dealkylation sites (N-methyl/N-ethyl adjacent to an activating group) is 1. The van der Waals surface area contributed by atoms with Crippen LogP contribution in [0.3, 0.4) is 0 Å². The highest BCUT2D eigenvalue weighted by molar-refractivity contribution is 5.94. The van der Waals surface area contributed by atoms with Gasteiger partial charge in [-0.15, -0.1) is 0 Å². The molecular formula is C17H21N5O2. The Morgan fingerprint density at radius 3 is 2.67 bits per heavy atom. The van der Waals surface area contributed by atoms with Gasteiger partial charge in [-0.2, -0.15) is 0 Å². The van der Waals surface area contributed by atoms with Crippen LogP contribution in [0.1, 0.15) is 16.8 Å². The van der Waals surface area contributed by atoms with Crippen molar-refractivity contribution in [1.82, 2.24) is 24.8 Å². The summed E-state index contributed by atoms with van der Waals surface area (Å²) in [4.78, 5) is 28.8. The van der Waals surface area contributed by atoms with E-state index in [0.717, 1.165) is 0 Å². The second-order valence-electron chi connectivity index (χ2n) is 6.45. The molecule has 0 aliphatic carbocycles. The van der Waals surface area contributed by atoms with Crippen LogP contribution >= 0.6 is 0 Å². The Bertz CT molecular complexity index is 705. The predicted octanol–water partition coefficient (Wildman–Crippen LogP) is 0.677. The number of pyridine rings is 1. The molecule has 1 N–H and O–H groups in total. The van der Waals surface area contributed by atoms with Crippen LogP contribution in [0.4, 0.5) is 0 Å². The molecule has 126 valence electrons. The number of hydrogen-bond donors (Lipinski definition) is 1. The number of amides is 1. The third kappa shape index (κ3) is 3.58.